The zero-order valence-electron chi connectivity index (χ0n) is 8.57. The van der Waals surface area contributed by atoms with Gasteiger partial charge in [-0.2, -0.15) is 0 Å². The third-order valence-corrected chi connectivity index (χ3v) is 4.02. The van der Waals surface area contributed by atoms with E-state index in [0.29, 0.717) is 5.15 Å². The van der Waals surface area contributed by atoms with Crippen LogP contribution in [-0.2, 0) is 4.57 Å². The largest absolute Gasteiger partial charge is 0.319 e. The number of fused-ring (bicyclic) bond motifs is 1. The van der Waals surface area contributed by atoms with Gasteiger partial charge in [-0.05, 0) is 30.8 Å². The van der Waals surface area contributed by atoms with E-state index in [1.54, 1.807) is 25.6 Å². The number of hydrogen-bond acceptors (Lipinski definition) is 2. The van der Waals surface area contributed by atoms with Crippen molar-refractivity contribution in [2.45, 2.75) is 0 Å². The number of benzene rings is 1. The van der Waals surface area contributed by atoms with Crippen LogP contribution in [0.25, 0.3) is 10.8 Å². The van der Waals surface area contributed by atoms with Gasteiger partial charge in [0.25, 0.3) is 0 Å². The molecule has 0 fully saturated rings. The average Bonchev–Trinajstić information content (AvgIpc) is 2.15. The first-order valence-electron chi connectivity index (χ1n) is 4.58. The summed E-state index contributed by atoms with van der Waals surface area (Å²) in [6, 6.07) is 7.52. The fourth-order valence-electron chi connectivity index (χ4n) is 1.44. The Morgan fingerprint density at radius 2 is 1.93 bits per heavy atom. The van der Waals surface area contributed by atoms with Crippen LogP contribution in [0.5, 0.6) is 0 Å². The minimum atomic E-state index is -2.20. The first kappa shape index (κ1) is 10.7. The molecule has 0 saturated carbocycles. The summed E-state index contributed by atoms with van der Waals surface area (Å²) < 4.78 is 11.9. The van der Waals surface area contributed by atoms with Gasteiger partial charge in [-0.1, -0.05) is 23.7 Å². The highest BCUT2D eigenvalue weighted by molar-refractivity contribution is 7.70. The molecule has 78 valence electrons. The number of halogens is 1. The second kappa shape index (κ2) is 3.62. The summed E-state index contributed by atoms with van der Waals surface area (Å²) >= 11 is 5.81. The van der Waals surface area contributed by atoms with Gasteiger partial charge in [0.15, 0.2) is 0 Å². The van der Waals surface area contributed by atoms with Crippen LogP contribution in [0.1, 0.15) is 0 Å². The highest BCUT2D eigenvalue weighted by Crippen LogP contribution is 2.35. The Bertz CT molecular complexity index is 562. The van der Waals surface area contributed by atoms with E-state index in [9.17, 15) is 4.57 Å². The SMILES string of the molecule is CP(C)(=O)c1ccc2cnc(Cl)cc2c1. The van der Waals surface area contributed by atoms with Crippen LogP contribution in [0.2, 0.25) is 5.15 Å². The number of pyridine rings is 1. The van der Waals surface area contributed by atoms with E-state index in [-0.39, 0.29) is 0 Å². The van der Waals surface area contributed by atoms with Crippen molar-refractivity contribution < 1.29 is 4.57 Å². The van der Waals surface area contributed by atoms with Crippen LogP contribution in [0.3, 0.4) is 0 Å². The quantitative estimate of drug-likeness (QED) is 0.565. The van der Waals surface area contributed by atoms with Crippen molar-refractivity contribution in [2.24, 2.45) is 0 Å². The topological polar surface area (TPSA) is 30.0 Å². The van der Waals surface area contributed by atoms with Gasteiger partial charge in [-0.15, -0.1) is 0 Å². The van der Waals surface area contributed by atoms with E-state index >= 15 is 0 Å². The number of nitrogens with zero attached hydrogens (tertiary/aromatic N) is 1. The Labute approximate surface area is 93.7 Å². The van der Waals surface area contributed by atoms with Gasteiger partial charge in [0, 0.05) is 16.9 Å². The third-order valence-electron chi connectivity index (χ3n) is 2.29. The highest BCUT2D eigenvalue weighted by Gasteiger charge is 2.11. The molecule has 1 aromatic heterocycles. The Kier molecular flexibility index (Phi) is 2.57. The molecule has 0 saturated heterocycles. The minimum absolute atomic E-state index is 0.460. The first-order valence-corrected chi connectivity index (χ1v) is 7.55. The molecule has 0 radical (unpaired) electrons. The summed E-state index contributed by atoms with van der Waals surface area (Å²) in [6.45, 7) is 3.52. The molecule has 1 aromatic carbocycles. The van der Waals surface area contributed by atoms with E-state index in [1.807, 2.05) is 18.2 Å². The van der Waals surface area contributed by atoms with Gasteiger partial charge in [-0.25, -0.2) is 4.98 Å². The Morgan fingerprint density at radius 3 is 2.60 bits per heavy atom. The molecule has 0 spiro atoms. The number of rotatable bonds is 1. The fourth-order valence-corrected chi connectivity index (χ4v) is 2.49. The van der Waals surface area contributed by atoms with Crippen molar-refractivity contribution in [2.75, 3.05) is 13.3 Å². The molecular weight excluding hydrogens is 229 g/mol. The predicted molar refractivity (Wildman–Crippen MR) is 65.8 cm³/mol. The lowest BCUT2D eigenvalue weighted by Crippen LogP contribution is -2.01. The van der Waals surface area contributed by atoms with Gasteiger partial charge < -0.3 is 4.57 Å². The molecule has 0 N–H and O–H groups in total. The van der Waals surface area contributed by atoms with Crippen LogP contribution >= 0.6 is 18.7 Å². The zero-order valence-corrected chi connectivity index (χ0v) is 10.2. The van der Waals surface area contributed by atoms with Gasteiger partial charge >= 0.3 is 0 Å². The molecule has 2 nitrogen and oxygen atoms in total. The maximum absolute atomic E-state index is 11.9. The van der Waals surface area contributed by atoms with Gasteiger partial charge in [-0.3, -0.25) is 0 Å². The standard InChI is InChI=1S/C11H11ClNOP/c1-15(2,14)10-4-3-8-7-13-11(12)6-9(8)5-10/h3-7H,1-2H3. The summed E-state index contributed by atoms with van der Waals surface area (Å²) in [5.41, 5.74) is 0. The molecule has 4 heteroatoms. The van der Waals surface area contributed by atoms with E-state index in [0.717, 1.165) is 16.1 Å². The highest BCUT2D eigenvalue weighted by atomic mass is 35.5. The Balaban J connectivity index is 2.70. The Morgan fingerprint density at radius 1 is 1.20 bits per heavy atom. The minimum Gasteiger partial charge on any atom is -0.319 e. The van der Waals surface area contributed by atoms with Gasteiger partial charge in [0.1, 0.15) is 12.3 Å². The third kappa shape index (κ3) is 2.22. The normalized spacial score (nSPS) is 11.9. The summed E-state index contributed by atoms with van der Waals surface area (Å²) in [5, 5.41) is 3.33. The zero-order chi connectivity index (χ0) is 11.1. The molecule has 2 aromatic rings. The summed E-state index contributed by atoms with van der Waals surface area (Å²) in [4.78, 5) is 4.00. The lowest BCUT2D eigenvalue weighted by molar-refractivity contribution is 0.588. The first-order chi connectivity index (χ1) is 6.97. The summed E-state index contributed by atoms with van der Waals surface area (Å²) in [6.07, 6.45) is 1.72. The molecule has 0 atom stereocenters. The fraction of sp³-hybridized carbons (Fsp3) is 0.182. The maximum Gasteiger partial charge on any atom is 0.129 e. The smallest absolute Gasteiger partial charge is 0.129 e. The van der Waals surface area contributed by atoms with E-state index in [4.69, 9.17) is 11.6 Å². The predicted octanol–water partition coefficient (Wildman–Crippen LogP) is 3.14. The van der Waals surface area contributed by atoms with Gasteiger partial charge in [0.05, 0.1) is 0 Å². The van der Waals surface area contributed by atoms with Crippen LogP contribution < -0.4 is 5.30 Å². The number of hydrogen-bond donors (Lipinski definition) is 0. The van der Waals surface area contributed by atoms with Crippen molar-refractivity contribution >= 4 is 34.8 Å². The van der Waals surface area contributed by atoms with Gasteiger partial charge in [0.2, 0.25) is 0 Å². The van der Waals surface area contributed by atoms with Crippen molar-refractivity contribution in [1.82, 2.24) is 4.98 Å². The van der Waals surface area contributed by atoms with E-state index in [1.165, 1.54) is 0 Å². The second-order valence-corrected chi connectivity index (χ2v) is 7.49. The van der Waals surface area contributed by atoms with Crippen LogP contribution in [0, 0.1) is 0 Å². The lowest BCUT2D eigenvalue weighted by atomic mass is 10.2. The maximum atomic E-state index is 11.9. The summed E-state index contributed by atoms with van der Waals surface area (Å²) in [7, 11) is -2.20. The molecule has 0 aliphatic carbocycles. The van der Waals surface area contributed by atoms with E-state index < -0.39 is 7.14 Å². The number of aromatic nitrogens is 1. The molecule has 0 bridgehead atoms. The molecule has 0 aliphatic rings. The molecule has 1 heterocycles. The van der Waals surface area contributed by atoms with Crippen LogP contribution in [0.4, 0.5) is 0 Å². The average molecular weight is 240 g/mol. The molecule has 0 amide bonds. The second-order valence-electron chi connectivity index (χ2n) is 3.89. The molecular formula is C11H11ClNOP. The van der Waals surface area contributed by atoms with Crippen molar-refractivity contribution in [3.8, 4) is 0 Å². The molecule has 0 unspecified atom stereocenters. The molecule has 0 aliphatic heterocycles. The molecule has 2 rings (SSSR count). The monoisotopic (exact) mass is 239 g/mol. The van der Waals surface area contributed by atoms with Crippen molar-refractivity contribution in [3.63, 3.8) is 0 Å². The van der Waals surface area contributed by atoms with E-state index in [2.05, 4.69) is 4.98 Å². The lowest BCUT2D eigenvalue weighted by Gasteiger charge is -2.07. The van der Waals surface area contributed by atoms with Crippen LogP contribution in [-0.4, -0.2) is 18.3 Å². The van der Waals surface area contributed by atoms with Crippen molar-refractivity contribution in [1.29, 1.82) is 0 Å². The summed E-state index contributed by atoms with van der Waals surface area (Å²) in [5.74, 6) is 0. The molecule has 15 heavy (non-hydrogen) atoms. The Hall–Kier alpha value is -0.850. The van der Waals surface area contributed by atoms with Crippen molar-refractivity contribution in [3.05, 3.63) is 35.6 Å². The van der Waals surface area contributed by atoms with Crippen LogP contribution in [0.15, 0.2) is 30.5 Å².